The lowest BCUT2D eigenvalue weighted by Gasteiger charge is -2.17. The molecule has 70 valence electrons. The first-order valence-electron chi connectivity index (χ1n) is 3.69. The fraction of sp³-hybridized carbons (Fsp3) is 0.250. The van der Waals surface area contributed by atoms with Crippen LogP contribution in [0.1, 0.15) is 12.6 Å². The van der Waals surface area contributed by atoms with Crippen molar-refractivity contribution in [2.24, 2.45) is 5.73 Å². The summed E-state index contributed by atoms with van der Waals surface area (Å²) in [7, 11) is 0. The van der Waals surface area contributed by atoms with Gasteiger partial charge in [-0.1, -0.05) is 0 Å². The average Bonchev–Trinajstić information content (AvgIpc) is 2.04. The van der Waals surface area contributed by atoms with Crippen molar-refractivity contribution in [3.8, 4) is 0 Å². The molecule has 0 spiro atoms. The van der Waals surface area contributed by atoms with Crippen LogP contribution in [0.4, 0.5) is 5.69 Å². The highest BCUT2D eigenvalue weighted by molar-refractivity contribution is 5.79. The molecule has 1 aromatic heterocycles. The van der Waals surface area contributed by atoms with Crippen LogP contribution in [0.15, 0.2) is 18.3 Å². The van der Waals surface area contributed by atoms with Crippen molar-refractivity contribution in [3.05, 3.63) is 24.0 Å². The van der Waals surface area contributed by atoms with Crippen LogP contribution in [0.3, 0.4) is 0 Å². The molecule has 0 radical (unpaired) electrons. The van der Waals surface area contributed by atoms with E-state index in [1.165, 1.54) is 19.2 Å². The molecule has 0 unspecified atom stereocenters. The SMILES string of the molecule is C[C@@](N)(C(=O)O)c1ccc(N)cn1. The van der Waals surface area contributed by atoms with E-state index in [2.05, 4.69) is 4.98 Å². The summed E-state index contributed by atoms with van der Waals surface area (Å²) in [5.41, 5.74) is 10.2. The number of anilines is 1. The summed E-state index contributed by atoms with van der Waals surface area (Å²) < 4.78 is 0. The van der Waals surface area contributed by atoms with Crippen LogP contribution in [-0.2, 0) is 10.3 Å². The minimum absolute atomic E-state index is 0.286. The van der Waals surface area contributed by atoms with E-state index >= 15 is 0 Å². The lowest BCUT2D eigenvalue weighted by Crippen LogP contribution is -2.42. The van der Waals surface area contributed by atoms with E-state index in [-0.39, 0.29) is 5.69 Å². The molecule has 0 saturated carbocycles. The van der Waals surface area contributed by atoms with Gasteiger partial charge >= 0.3 is 5.97 Å². The van der Waals surface area contributed by atoms with Crippen LogP contribution < -0.4 is 11.5 Å². The predicted molar refractivity (Wildman–Crippen MR) is 47.8 cm³/mol. The summed E-state index contributed by atoms with van der Waals surface area (Å²) in [6, 6.07) is 3.07. The molecule has 0 fully saturated rings. The maximum absolute atomic E-state index is 10.7. The van der Waals surface area contributed by atoms with Crippen LogP contribution in [0.25, 0.3) is 0 Å². The van der Waals surface area contributed by atoms with Crippen LogP contribution in [0.5, 0.6) is 0 Å². The molecule has 1 heterocycles. The van der Waals surface area contributed by atoms with Crippen molar-refractivity contribution in [1.29, 1.82) is 0 Å². The van der Waals surface area contributed by atoms with Crippen LogP contribution in [-0.4, -0.2) is 16.1 Å². The third-order valence-electron chi connectivity index (χ3n) is 1.76. The van der Waals surface area contributed by atoms with Gasteiger partial charge in [0.05, 0.1) is 17.6 Å². The van der Waals surface area contributed by atoms with Gasteiger partial charge in [-0.25, -0.2) is 4.79 Å². The number of hydrogen-bond donors (Lipinski definition) is 3. The highest BCUT2D eigenvalue weighted by Gasteiger charge is 2.31. The van der Waals surface area contributed by atoms with Crippen LogP contribution >= 0.6 is 0 Å². The van der Waals surface area contributed by atoms with Gasteiger partial charge in [0, 0.05) is 0 Å². The Kier molecular flexibility index (Phi) is 2.20. The number of pyridine rings is 1. The molecule has 5 nitrogen and oxygen atoms in total. The van der Waals surface area contributed by atoms with Crippen molar-refractivity contribution in [3.63, 3.8) is 0 Å². The number of nitrogens with zero attached hydrogens (tertiary/aromatic N) is 1. The molecule has 0 aliphatic heterocycles. The van der Waals surface area contributed by atoms with Crippen molar-refractivity contribution < 1.29 is 9.90 Å². The van der Waals surface area contributed by atoms with Gasteiger partial charge in [0.25, 0.3) is 0 Å². The maximum atomic E-state index is 10.7. The summed E-state index contributed by atoms with van der Waals surface area (Å²) in [5, 5.41) is 8.77. The minimum atomic E-state index is -1.46. The van der Waals surface area contributed by atoms with Crippen molar-refractivity contribution >= 4 is 11.7 Å². The van der Waals surface area contributed by atoms with E-state index in [1.807, 2.05) is 0 Å². The van der Waals surface area contributed by atoms with Gasteiger partial charge in [-0.3, -0.25) is 4.98 Å². The first-order valence-corrected chi connectivity index (χ1v) is 3.69. The lowest BCUT2D eigenvalue weighted by molar-refractivity contribution is -0.143. The first kappa shape index (κ1) is 9.47. The van der Waals surface area contributed by atoms with E-state index in [1.54, 1.807) is 6.07 Å². The zero-order valence-electron chi connectivity index (χ0n) is 7.19. The Bertz CT molecular complexity index is 319. The molecule has 5 N–H and O–H groups in total. The van der Waals surface area contributed by atoms with Gasteiger partial charge in [0.2, 0.25) is 0 Å². The summed E-state index contributed by atoms with van der Waals surface area (Å²) in [5.74, 6) is -1.12. The average molecular weight is 181 g/mol. The zero-order chi connectivity index (χ0) is 10.1. The third kappa shape index (κ3) is 1.75. The maximum Gasteiger partial charge on any atom is 0.329 e. The molecule has 1 atom stereocenters. The second-order valence-corrected chi connectivity index (χ2v) is 2.98. The molecule has 0 saturated heterocycles. The summed E-state index contributed by atoms with van der Waals surface area (Å²) in [4.78, 5) is 14.6. The number of rotatable bonds is 2. The van der Waals surface area contributed by atoms with Gasteiger partial charge in [-0.2, -0.15) is 0 Å². The van der Waals surface area contributed by atoms with Gasteiger partial charge < -0.3 is 16.6 Å². The van der Waals surface area contributed by atoms with Crippen molar-refractivity contribution in [2.75, 3.05) is 5.73 Å². The van der Waals surface area contributed by atoms with Gasteiger partial charge in [-0.15, -0.1) is 0 Å². The topological polar surface area (TPSA) is 102 Å². The summed E-state index contributed by atoms with van der Waals surface area (Å²) in [6.45, 7) is 1.38. The Hall–Kier alpha value is -1.62. The number of carbonyl (C=O) groups is 1. The van der Waals surface area contributed by atoms with E-state index < -0.39 is 11.5 Å². The normalized spacial score (nSPS) is 14.9. The lowest BCUT2D eigenvalue weighted by atomic mass is 9.99. The fourth-order valence-electron chi connectivity index (χ4n) is 0.822. The molecule has 0 aromatic carbocycles. The van der Waals surface area contributed by atoms with Crippen LogP contribution in [0, 0.1) is 0 Å². The molecule has 0 bridgehead atoms. The quantitative estimate of drug-likeness (QED) is 0.592. The Morgan fingerprint density at radius 1 is 1.62 bits per heavy atom. The van der Waals surface area contributed by atoms with Gasteiger partial charge in [0.1, 0.15) is 0 Å². The van der Waals surface area contributed by atoms with E-state index in [9.17, 15) is 4.79 Å². The predicted octanol–water partition coefficient (Wildman–Crippen LogP) is -0.0777. The highest BCUT2D eigenvalue weighted by atomic mass is 16.4. The number of carboxylic acid groups (broad SMARTS) is 1. The molecular formula is C8H11N3O2. The van der Waals surface area contributed by atoms with Gasteiger partial charge in [0.15, 0.2) is 5.54 Å². The van der Waals surface area contributed by atoms with E-state index in [0.29, 0.717) is 5.69 Å². The largest absolute Gasteiger partial charge is 0.480 e. The molecule has 13 heavy (non-hydrogen) atoms. The Morgan fingerprint density at radius 3 is 2.62 bits per heavy atom. The Labute approximate surface area is 75.4 Å². The number of aromatic nitrogens is 1. The molecular weight excluding hydrogens is 170 g/mol. The molecule has 0 aliphatic rings. The monoisotopic (exact) mass is 181 g/mol. The Morgan fingerprint density at radius 2 is 2.23 bits per heavy atom. The number of aliphatic carboxylic acids is 1. The smallest absolute Gasteiger partial charge is 0.329 e. The Balaban J connectivity index is 3.08. The van der Waals surface area contributed by atoms with Crippen molar-refractivity contribution in [1.82, 2.24) is 4.98 Å². The number of nitrogens with two attached hydrogens (primary N) is 2. The molecule has 5 heteroatoms. The zero-order valence-corrected chi connectivity index (χ0v) is 7.19. The minimum Gasteiger partial charge on any atom is -0.480 e. The standard InChI is InChI=1S/C8H11N3O2/c1-8(10,7(12)13)6-3-2-5(9)4-11-6/h2-4H,9-10H2,1H3,(H,12,13)/t8-/m0/s1. The van der Waals surface area contributed by atoms with E-state index in [0.717, 1.165) is 0 Å². The molecule has 1 aromatic rings. The molecule has 0 amide bonds. The molecule has 1 rings (SSSR count). The van der Waals surface area contributed by atoms with Gasteiger partial charge in [-0.05, 0) is 19.1 Å². The summed E-state index contributed by atoms with van der Waals surface area (Å²) in [6.07, 6.45) is 1.38. The van der Waals surface area contributed by atoms with E-state index in [4.69, 9.17) is 16.6 Å². The third-order valence-corrected chi connectivity index (χ3v) is 1.76. The molecule has 0 aliphatic carbocycles. The second kappa shape index (κ2) is 3.02. The highest BCUT2D eigenvalue weighted by Crippen LogP contribution is 2.15. The number of nitrogen functional groups attached to an aromatic ring is 1. The van der Waals surface area contributed by atoms with Crippen LogP contribution in [0.2, 0.25) is 0 Å². The van der Waals surface area contributed by atoms with Crippen molar-refractivity contribution in [2.45, 2.75) is 12.5 Å². The second-order valence-electron chi connectivity index (χ2n) is 2.98. The fourth-order valence-corrected chi connectivity index (χ4v) is 0.822. The first-order chi connectivity index (χ1) is 5.94. The number of hydrogen-bond acceptors (Lipinski definition) is 4. The summed E-state index contributed by atoms with van der Waals surface area (Å²) >= 11 is 0. The number of carboxylic acids is 1.